The maximum atomic E-state index is 6.27. The Morgan fingerprint density at radius 1 is 0.571 bits per heavy atom. The topological polar surface area (TPSA) is 50.1 Å². The molecule has 0 spiro atoms. The molecule has 0 saturated heterocycles. The zero-order valence-electron chi connectivity index (χ0n) is 19.6. The van der Waals surface area contributed by atoms with Gasteiger partial charge in [0.1, 0.15) is 0 Å². The summed E-state index contributed by atoms with van der Waals surface area (Å²) < 4.78 is 0. The van der Waals surface area contributed by atoms with Crippen molar-refractivity contribution in [2.24, 2.45) is 5.73 Å². The van der Waals surface area contributed by atoms with E-state index in [1.54, 1.807) is 0 Å². The van der Waals surface area contributed by atoms with E-state index in [1.807, 2.05) is 36.4 Å². The third-order valence-corrected chi connectivity index (χ3v) is 6.13. The van der Waals surface area contributed by atoms with Crippen molar-refractivity contribution in [3.8, 4) is 22.3 Å². The summed E-state index contributed by atoms with van der Waals surface area (Å²) in [4.78, 5) is 0. The van der Waals surface area contributed by atoms with E-state index in [0.29, 0.717) is 6.54 Å². The Kier molecular flexibility index (Phi) is 7.00. The fraction of sp³-hybridized carbons (Fsp3) is 0.0625. The first-order valence-corrected chi connectivity index (χ1v) is 11.9. The standard InChI is InChI=1S/C32H29N3/c33-32(26-12-5-2-6-13-26)34-23-24-18-20-29(21-19-24)35-31-17-8-7-16-30(31)28-15-9-14-27(22-28)25-10-3-1-4-11-25/h1-22,32,34-35H,23,33H2. The monoisotopic (exact) mass is 455 g/mol. The number of anilines is 2. The molecule has 172 valence electrons. The molecule has 0 heterocycles. The van der Waals surface area contributed by atoms with Crippen LogP contribution in [0, 0.1) is 0 Å². The van der Waals surface area contributed by atoms with Gasteiger partial charge in [-0.3, -0.25) is 5.32 Å². The summed E-state index contributed by atoms with van der Waals surface area (Å²) in [6.45, 7) is 0.708. The molecule has 0 radical (unpaired) electrons. The summed E-state index contributed by atoms with van der Waals surface area (Å²) in [6.07, 6.45) is -0.187. The maximum absolute atomic E-state index is 6.27. The molecule has 5 aromatic rings. The number of nitrogens with two attached hydrogens (primary N) is 1. The lowest BCUT2D eigenvalue weighted by Crippen LogP contribution is -2.28. The van der Waals surface area contributed by atoms with Crippen LogP contribution >= 0.6 is 0 Å². The molecule has 4 N–H and O–H groups in total. The van der Waals surface area contributed by atoms with Crippen molar-refractivity contribution >= 4 is 11.4 Å². The number of rotatable bonds is 8. The van der Waals surface area contributed by atoms with Crippen LogP contribution in [0.4, 0.5) is 11.4 Å². The molecule has 1 atom stereocenters. The first-order chi connectivity index (χ1) is 17.3. The number of para-hydroxylation sites is 1. The fourth-order valence-electron chi connectivity index (χ4n) is 4.21. The van der Waals surface area contributed by atoms with E-state index < -0.39 is 0 Å². The largest absolute Gasteiger partial charge is 0.355 e. The first kappa shape index (κ1) is 22.6. The Bertz CT molecular complexity index is 1360. The second-order valence-corrected chi connectivity index (χ2v) is 8.58. The van der Waals surface area contributed by atoms with Gasteiger partial charge in [-0.25, -0.2) is 0 Å². The average Bonchev–Trinajstić information content (AvgIpc) is 2.94. The minimum Gasteiger partial charge on any atom is -0.355 e. The van der Waals surface area contributed by atoms with E-state index in [1.165, 1.54) is 27.8 Å². The second kappa shape index (κ2) is 10.8. The van der Waals surface area contributed by atoms with Crippen LogP contribution in [0.5, 0.6) is 0 Å². The number of hydrogen-bond donors (Lipinski definition) is 3. The summed E-state index contributed by atoms with van der Waals surface area (Å²) in [5.41, 5.74) is 15.5. The molecule has 0 aliphatic heterocycles. The Hall–Kier alpha value is -4.18. The molecule has 0 saturated carbocycles. The van der Waals surface area contributed by atoms with Gasteiger partial charge in [0.15, 0.2) is 0 Å². The minimum atomic E-state index is -0.187. The van der Waals surface area contributed by atoms with Gasteiger partial charge in [-0.2, -0.15) is 0 Å². The van der Waals surface area contributed by atoms with Gasteiger partial charge in [0.2, 0.25) is 0 Å². The first-order valence-electron chi connectivity index (χ1n) is 11.9. The van der Waals surface area contributed by atoms with Crippen LogP contribution in [0.15, 0.2) is 133 Å². The summed E-state index contributed by atoms with van der Waals surface area (Å²) >= 11 is 0. The molecule has 0 bridgehead atoms. The molecule has 35 heavy (non-hydrogen) atoms. The minimum absolute atomic E-state index is 0.187. The maximum Gasteiger partial charge on any atom is 0.0812 e. The van der Waals surface area contributed by atoms with E-state index in [9.17, 15) is 0 Å². The lowest BCUT2D eigenvalue weighted by atomic mass is 9.98. The molecular formula is C32H29N3. The van der Waals surface area contributed by atoms with Gasteiger partial charge in [-0.05, 0) is 52.1 Å². The predicted molar refractivity (Wildman–Crippen MR) is 147 cm³/mol. The number of hydrogen-bond acceptors (Lipinski definition) is 3. The van der Waals surface area contributed by atoms with E-state index in [2.05, 4.69) is 108 Å². The van der Waals surface area contributed by atoms with Crippen LogP contribution in [0.2, 0.25) is 0 Å². The van der Waals surface area contributed by atoms with Gasteiger partial charge in [0, 0.05) is 23.5 Å². The Morgan fingerprint density at radius 3 is 1.97 bits per heavy atom. The van der Waals surface area contributed by atoms with Crippen LogP contribution in [0.25, 0.3) is 22.3 Å². The molecule has 0 amide bonds. The third-order valence-electron chi connectivity index (χ3n) is 6.13. The average molecular weight is 456 g/mol. The van der Waals surface area contributed by atoms with Crippen LogP contribution < -0.4 is 16.4 Å². The van der Waals surface area contributed by atoms with Crippen molar-refractivity contribution in [2.75, 3.05) is 5.32 Å². The quantitative estimate of drug-likeness (QED) is 0.212. The Morgan fingerprint density at radius 2 is 1.20 bits per heavy atom. The van der Waals surface area contributed by atoms with Gasteiger partial charge >= 0.3 is 0 Å². The molecule has 1 unspecified atom stereocenters. The van der Waals surface area contributed by atoms with Crippen LogP contribution in [-0.4, -0.2) is 0 Å². The van der Waals surface area contributed by atoms with Gasteiger partial charge in [-0.15, -0.1) is 0 Å². The summed E-state index contributed by atoms with van der Waals surface area (Å²) in [7, 11) is 0. The van der Waals surface area contributed by atoms with Crippen molar-refractivity contribution in [1.82, 2.24) is 5.32 Å². The zero-order valence-corrected chi connectivity index (χ0v) is 19.6. The van der Waals surface area contributed by atoms with Gasteiger partial charge in [0.05, 0.1) is 6.17 Å². The highest BCUT2D eigenvalue weighted by molar-refractivity contribution is 5.83. The van der Waals surface area contributed by atoms with E-state index >= 15 is 0 Å². The van der Waals surface area contributed by atoms with Crippen molar-refractivity contribution in [3.63, 3.8) is 0 Å². The third kappa shape index (κ3) is 5.67. The summed E-state index contributed by atoms with van der Waals surface area (Å²) in [5.74, 6) is 0. The molecule has 0 aliphatic rings. The summed E-state index contributed by atoms with van der Waals surface area (Å²) in [5, 5.41) is 6.99. The van der Waals surface area contributed by atoms with Gasteiger partial charge in [-0.1, -0.05) is 109 Å². The van der Waals surface area contributed by atoms with Gasteiger partial charge in [0.25, 0.3) is 0 Å². The lowest BCUT2D eigenvalue weighted by Gasteiger charge is -2.15. The molecule has 0 aliphatic carbocycles. The summed E-state index contributed by atoms with van der Waals surface area (Å²) in [6, 6.07) is 46.2. The lowest BCUT2D eigenvalue weighted by molar-refractivity contribution is 0.552. The molecule has 3 heteroatoms. The van der Waals surface area contributed by atoms with Gasteiger partial charge < -0.3 is 11.1 Å². The van der Waals surface area contributed by atoms with Crippen molar-refractivity contribution in [3.05, 3.63) is 145 Å². The van der Waals surface area contributed by atoms with Crippen LogP contribution in [0.3, 0.4) is 0 Å². The number of nitrogens with one attached hydrogen (secondary N) is 2. The highest BCUT2D eigenvalue weighted by Gasteiger charge is 2.08. The predicted octanol–water partition coefficient (Wildman–Crippen LogP) is 7.51. The Labute approximate surface area is 207 Å². The smallest absolute Gasteiger partial charge is 0.0812 e. The molecule has 3 nitrogen and oxygen atoms in total. The van der Waals surface area contributed by atoms with Crippen molar-refractivity contribution in [2.45, 2.75) is 12.7 Å². The SMILES string of the molecule is NC(NCc1ccc(Nc2ccccc2-c2cccc(-c3ccccc3)c2)cc1)c1ccccc1. The van der Waals surface area contributed by atoms with Crippen LogP contribution in [0.1, 0.15) is 17.3 Å². The van der Waals surface area contributed by atoms with Crippen molar-refractivity contribution < 1.29 is 0 Å². The molecule has 5 aromatic carbocycles. The molecule has 0 aromatic heterocycles. The normalized spacial score (nSPS) is 11.7. The molecule has 5 rings (SSSR count). The fourth-order valence-corrected chi connectivity index (χ4v) is 4.21. The molecule has 0 fully saturated rings. The van der Waals surface area contributed by atoms with Crippen LogP contribution in [-0.2, 0) is 6.54 Å². The highest BCUT2D eigenvalue weighted by atomic mass is 15.0. The van der Waals surface area contributed by atoms with E-state index in [4.69, 9.17) is 5.73 Å². The Balaban J connectivity index is 1.29. The number of benzene rings is 5. The molecular weight excluding hydrogens is 426 g/mol. The zero-order chi connectivity index (χ0) is 23.9. The highest BCUT2D eigenvalue weighted by Crippen LogP contribution is 2.33. The van der Waals surface area contributed by atoms with E-state index in [0.717, 1.165) is 16.9 Å². The van der Waals surface area contributed by atoms with Crippen molar-refractivity contribution in [1.29, 1.82) is 0 Å². The second-order valence-electron chi connectivity index (χ2n) is 8.58. The van der Waals surface area contributed by atoms with E-state index in [-0.39, 0.29) is 6.17 Å².